The number of pyridine rings is 1. The molecule has 7 nitrogen and oxygen atoms in total. The molecular formula is C20H19ClN6O. The van der Waals surface area contributed by atoms with E-state index >= 15 is 0 Å². The van der Waals surface area contributed by atoms with Crippen molar-refractivity contribution < 1.29 is 4.79 Å². The first-order chi connectivity index (χ1) is 13.5. The van der Waals surface area contributed by atoms with Gasteiger partial charge in [-0.1, -0.05) is 11.6 Å². The lowest BCUT2D eigenvalue weighted by atomic mass is 10.1. The van der Waals surface area contributed by atoms with E-state index in [1.165, 1.54) is 0 Å². The molecular weight excluding hydrogens is 376 g/mol. The molecule has 0 bridgehead atoms. The van der Waals surface area contributed by atoms with Gasteiger partial charge in [0.05, 0.1) is 33.6 Å². The Kier molecular flexibility index (Phi) is 4.60. The second-order valence-electron chi connectivity index (χ2n) is 6.52. The fraction of sp³-hybridized carbons (Fsp3) is 0.200. The van der Waals surface area contributed by atoms with Crippen molar-refractivity contribution >= 4 is 34.2 Å². The van der Waals surface area contributed by atoms with Gasteiger partial charge in [0.15, 0.2) is 5.65 Å². The van der Waals surface area contributed by atoms with Crippen molar-refractivity contribution in [3.63, 3.8) is 0 Å². The van der Waals surface area contributed by atoms with Crippen LogP contribution in [-0.2, 0) is 6.54 Å². The minimum atomic E-state index is -0.191. The van der Waals surface area contributed by atoms with Crippen LogP contribution < -0.4 is 5.32 Å². The van der Waals surface area contributed by atoms with Gasteiger partial charge in [-0.3, -0.25) is 4.79 Å². The van der Waals surface area contributed by atoms with Crippen LogP contribution in [0, 0.1) is 13.8 Å². The molecule has 3 heterocycles. The van der Waals surface area contributed by atoms with E-state index in [1.54, 1.807) is 23.1 Å². The smallest absolute Gasteiger partial charge is 0.256 e. The lowest BCUT2D eigenvalue weighted by Crippen LogP contribution is -2.13. The van der Waals surface area contributed by atoms with Crippen LogP contribution in [0.2, 0.25) is 5.02 Å². The Morgan fingerprint density at radius 2 is 1.96 bits per heavy atom. The van der Waals surface area contributed by atoms with Crippen LogP contribution in [0.25, 0.3) is 16.7 Å². The Morgan fingerprint density at radius 3 is 2.61 bits per heavy atom. The SMILES string of the molecule is CCn1nc(C)c2c(C(=O)Nc3ccc(-n4cc(Cl)cn4)cc3)cc(C)nc21. The first-order valence-corrected chi connectivity index (χ1v) is 9.30. The topological polar surface area (TPSA) is 77.6 Å². The van der Waals surface area contributed by atoms with Crippen molar-refractivity contribution in [3.05, 3.63) is 64.7 Å². The average molecular weight is 395 g/mol. The van der Waals surface area contributed by atoms with Gasteiger partial charge in [0, 0.05) is 24.1 Å². The molecule has 3 aromatic heterocycles. The van der Waals surface area contributed by atoms with Crippen LogP contribution in [0.4, 0.5) is 5.69 Å². The highest BCUT2D eigenvalue weighted by molar-refractivity contribution is 6.30. The first-order valence-electron chi connectivity index (χ1n) is 8.93. The number of nitrogens with zero attached hydrogens (tertiary/aromatic N) is 5. The first kappa shape index (κ1) is 18.2. The Labute approximate surface area is 167 Å². The third kappa shape index (κ3) is 3.25. The molecule has 0 unspecified atom stereocenters. The van der Waals surface area contributed by atoms with Gasteiger partial charge in [0.2, 0.25) is 0 Å². The van der Waals surface area contributed by atoms with E-state index < -0.39 is 0 Å². The molecule has 0 saturated heterocycles. The van der Waals surface area contributed by atoms with Gasteiger partial charge < -0.3 is 5.32 Å². The van der Waals surface area contributed by atoms with Gasteiger partial charge in [0.1, 0.15) is 0 Å². The summed E-state index contributed by atoms with van der Waals surface area (Å²) in [6.45, 7) is 6.47. The van der Waals surface area contributed by atoms with Crippen LogP contribution in [0.15, 0.2) is 42.7 Å². The van der Waals surface area contributed by atoms with Crippen molar-refractivity contribution in [2.45, 2.75) is 27.3 Å². The maximum absolute atomic E-state index is 13.0. The van der Waals surface area contributed by atoms with Gasteiger partial charge in [0.25, 0.3) is 5.91 Å². The van der Waals surface area contributed by atoms with Crippen LogP contribution >= 0.6 is 11.6 Å². The van der Waals surface area contributed by atoms with Crippen molar-refractivity contribution in [2.24, 2.45) is 0 Å². The number of carbonyl (C=O) groups is 1. The Balaban J connectivity index is 1.64. The quantitative estimate of drug-likeness (QED) is 0.563. The molecule has 0 aliphatic carbocycles. The number of halogens is 1. The molecule has 0 saturated carbocycles. The summed E-state index contributed by atoms with van der Waals surface area (Å²) in [5.74, 6) is -0.191. The van der Waals surface area contributed by atoms with Crippen molar-refractivity contribution in [1.29, 1.82) is 0 Å². The van der Waals surface area contributed by atoms with Gasteiger partial charge in [-0.2, -0.15) is 10.2 Å². The maximum Gasteiger partial charge on any atom is 0.256 e. The van der Waals surface area contributed by atoms with Crippen LogP contribution in [0.1, 0.15) is 28.7 Å². The summed E-state index contributed by atoms with van der Waals surface area (Å²) >= 11 is 5.91. The van der Waals surface area contributed by atoms with E-state index in [4.69, 9.17) is 11.6 Å². The van der Waals surface area contributed by atoms with E-state index in [9.17, 15) is 4.79 Å². The summed E-state index contributed by atoms with van der Waals surface area (Å²) < 4.78 is 3.49. The van der Waals surface area contributed by atoms with E-state index in [0.717, 1.165) is 28.1 Å². The summed E-state index contributed by atoms with van der Waals surface area (Å²) in [4.78, 5) is 17.5. The van der Waals surface area contributed by atoms with Gasteiger partial charge in [-0.25, -0.2) is 14.3 Å². The molecule has 0 radical (unpaired) electrons. The third-order valence-electron chi connectivity index (χ3n) is 4.49. The number of anilines is 1. The maximum atomic E-state index is 13.0. The number of amides is 1. The van der Waals surface area contributed by atoms with Crippen LogP contribution in [-0.4, -0.2) is 30.5 Å². The number of fused-ring (bicyclic) bond motifs is 1. The molecule has 142 valence electrons. The fourth-order valence-electron chi connectivity index (χ4n) is 3.22. The zero-order valence-corrected chi connectivity index (χ0v) is 16.5. The average Bonchev–Trinajstić information content (AvgIpc) is 3.25. The molecule has 1 aromatic carbocycles. The summed E-state index contributed by atoms with van der Waals surface area (Å²) in [6.07, 6.45) is 3.30. The molecule has 1 amide bonds. The number of aromatic nitrogens is 5. The van der Waals surface area contributed by atoms with E-state index in [1.807, 2.05) is 49.7 Å². The number of hydrogen-bond acceptors (Lipinski definition) is 4. The van der Waals surface area contributed by atoms with Gasteiger partial charge >= 0.3 is 0 Å². The molecule has 28 heavy (non-hydrogen) atoms. The molecule has 0 aliphatic rings. The number of carbonyl (C=O) groups excluding carboxylic acids is 1. The number of benzene rings is 1. The summed E-state index contributed by atoms with van der Waals surface area (Å²) in [5, 5.41) is 13.0. The minimum absolute atomic E-state index is 0.191. The molecule has 4 aromatic rings. The standard InChI is InChI=1S/C20H19ClN6O/c1-4-26-19-18(13(3)25-26)17(9-12(2)23-19)20(28)24-15-5-7-16(8-6-15)27-11-14(21)10-22-27/h5-11H,4H2,1-3H3,(H,24,28). The minimum Gasteiger partial charge on any atom is -0.322 e. The van der Waals surface area contributed by atoms with Gasteiger partial charge in [-0.15, -0.1) is 0 Å². The normalized spacial score (nSPS) is 11.1. The zero-order valence-electron chi connectivity index (χ0n) is 15.8. The molecule has 0 aliphatic heterocycles. The van der Waals surface area contributed by atoms with Crippen LogP contribution in [0.3, 0.4) is 0 Å². The second kappa shape index (κ2) is 7.09. The van der Waals surface area contributed by atoms with Crippen molar-refractivity contribution in [1.82, 2.24) is 24.5 Å². The molecule has 0 atom stereocenters. The highest BCUT2D eigenvalue weighted by Crippen LogP contribution is 2.24. The molecule has 1 N–H and O–H groups in total. The van der Waals surface area contributed by atoms with Crippen LogP contribution in [0.5, 0.6) is 0 Å². The molecule has 0 fully saturated rings. The predicted molar refractivity (Wildman–Crippen MR) is 109 cm³/mol. The third-order valence-corrected chi connectivity index (χ3v) is 4.69. The Morgan fingerprint density at radius 1 is 1.21 bits per heavy atom. The number of nitrogens with one attached hydrogen (secondary N) is 1. The molecule has 4 rings (SSSR count). The Hall–Kier alpha value is -3.19. The number of hydrogen-bond donors (Lipinski definition) is 1. The molecule has 8 heteroatoms. The Bertz CT molecular complexity index is 1180. The summed E-state index contributed by atoms with van der Waals surface area (Å²) in [7, 11) is 0. The van der Waals surface area contributed by atoms with Crippen molar-refractivity contribution in [2.75, 3.05) is 5.32 Å². The fourth-order valence-corrected chi connectivity index (χ4v) is 3.35. The van der Waals surface area contributed by atoms with E-state index in [2.05, 4.69) is 20.5 Å². The lowest BCUT2D eigenvalue weighted by molar-refractivity contribution is 0.102. The predicted octanol–water partition coefficient (Wildman–Crippen LogP) is 4.16. The number of aryl methyl sites for hydroxylation is 3. The summed E-state index contributed by atoms with van der Waals surface area (Å²) in [6, 6.07) is 9.19. The van der Waals surface area contributed by atoms with E-state index in [0.29, 0.717) is 22.8 Å². The monoisotopic (exact) mass is 394 g/mol. The second-order valence-corrected chi connectivity index (χ2v) is 6.95. The largest absolute Gasteiger partial charge is 0.322 e. The van der Waals surface area contributed by atoms with Gasteiger partial charge in [-0.05, 0) is 51.1 Å². The van der Waals surface area contributed by atoms with Crippen molar-refractivity contribution in [3.8, 4) is 5.69 Å². The zero-order chi connectivity index (χ0) is 19.8. The lowest BCUT2D eigenvalue weighted by Gasteiger charge is -2.09. The van der Waals surface area contributed by atoms with E-state index in [-0.39, 0.29) is 5.91 Å². The highest BCUT2D eigenvalue weighted by Gasteiger charge is 2.18. The number of rotatable bonds is 4. The highest BCUT2D eigenvalue weighted by atomic mass is 35.5. The summed E-state index contributed by atoms with van der Waals surface area (Å²) in [5.41, 5.74) is 4.42. The molecule has 0 spiro atoms.